The molecule has 0 aliphatic heterocycles. The van der Waals surface area contributed by atoms with Gasteiger partial charge >= 0.3 is 0 Å². The quantitative estimate of drug-likeness (QED) is 0.287. The van der Waals surface area contributed by atoms with Gasteiger partial charge in [0, 0.05) is 0 Å². The van der Waals surface area contributed by atoms with Gasteiger partial charge in [0.25, 0.3) is 0 Å². The predicted molar refractivity (Wildman–Crippen MR) is 73.8 cm³/mol. The van der Waals surface area contributed by atoms with Gasteiger partial charge in [0.1, 0.15) is 6.69 Å². The Morgan fingerprint density at radius 3 is 1.50 bits per heavy atom. The Hall–Kier alpha value is 0.697. The summed E-state index contributed by atoms with van der Waals surface area (Å²) in [5, 5.41) is 0. The Morgan fingerprint density at radius 2 is 1.21 bits per heavy atom. The predicted octanol–water partition coefficient (Wildman–Crippen LogP) is 5.73. The van der Waals surface area contributed by atoms with Crippen molar-refractivity contribution in [1.29, 1.82) is 0 Å². The van der Waals surface area contributed by atoms with Gasteiger partial charge in [-0.25, -0.2) is 0 Å². The minimum atomic E-state index is -0.985. The van der Waals surface area contributed by atoms with Crippen LogP contribution < -0.4 is 0 Å². The molecule has 0 rings (SSSR count). The topological polar surface area (TPSA) is 0 Å². The summed E-state index contributed by atoms with van der Waals surface area (Å²) in [6.07, 6.45) is 8.47. The number of hydrogen-bond donors (Lipinski definition) is 0. The number of halogens is 1. The van der Waals surface area contributed by atoms with Gasteiger partial charge < -0.3 is 0 Å². The molecule has 0 unspecified atom stereocenters. The lowest BCUT2D eigenvalue weighted by Gasteiger charge is -2.23. The van der Waals surface area contributed by atoms with Gasteiger partial charge in [-0.15, -0.1) is 15.3 Å². The van der Waals surface area contributed by atoms with Gasteiger partial charge in [-0.3, -0.25) is 0 Å². The zero-order valence-electron chi connectivity index (χ0n) is 10.2. The fourth-order valence-electron chi connectivity index (χ4n) is 1.86. The fraction of sp³-hybridized carbons (Fsp3) is 1.00. The van der Waals surface area contributed by atoms with Crippen LogP contribution in [0.2, 0.25) is 18.1 Å². The lowest BCUT2D eigenvalue weighted by atomic mass is 10.3. The Kier molecular flexibility index (Phi) is 9.41. The van der Waals surface area contributed by atoms with E-state index in [1.54, 1.807) is 0 Å². The van der Waals surface area contributed by atoms with Crippen LogP contribution in [0.3, 0.4) is 0 Å². The highest BCUT2D eigenvalue weighted by Crippen LogP contribution is 2.31. The second-order valence-corrected chi connectivity index (χ2v) is 13.5. The summed E-state index contributed by atoms with van der Waals surface area (Å²) in [5.41, 5.74) is 0. The van der Waals surface area contributed by atoms with E-state index < -0.39 is 6.69 Å². The molecule has 0 bridgehead atoms. The van der Waals surface area contributed by atoms with E-state index >= 15 is 0 Å². The summed E-state index contributed by atoms with van der Waals surface area (Å²) in [6, 6.07) is 4.42. The first kappa shape index (κ1) is 14.7. The Bertz CT molecular complexity index is 115. The van der Waals surface area contributed by atoms with E-state index in [1.165, 1.54) is 56.7 Å². The van der Waals surface area contributed by atoms with Crippen molar-refractivity contribution in [3.05, 3.63) is 0 Å². The summed E-state index contributed by atoms with van der Waals surface area (Å²) >= 11 is 4.08. The SMILES string of the molecule is CCCCC[Si](Br)(CC)CCCCC. The van der Waals surface area contributed by atoms with Gasteiger partial charge in [0.05, 0.1) is 0 Å². The first-order chi connectivity index (χ1) is 6.68. The second kappa shape index (κ2) is 8.96. The van der Waals surface area contributed by atoms with Crippen molar-refractivity contribution in [3.8, 4) is 0 Å². The van der Waals surface area contributed by atoms with Gasteiger partial charge in [-0.2, -0.15) is 0 Å². The number of hydrogen-bond acceptors (Lipinski definition) is 0. The molecule has 14 heavy (non-hydrogen) atoms. The van der Waals surface area contributed by atoms with Crippen molar-refractivity contribution in [2.75, 3.05) is 0 Å². The Labute approximate surface area is 99.5 Å². The maximum Gasteiger partial charge on any atom is 0.130 e. The van der Waals surface area contributed by atoms with Crippen LogP contribution >= 0.6 is 15.3 Å². The highest BCUT2D eigenvalue weighted by Gasteiger charge is 2.25. The molecule has 0 nitrogen and oxygen atoms in total. The van der Waals surface area contributed by atoms with Crippen LogP contribution in [0.5, 0.6) is 0 Å². The maximum absolute atomic E-state index is 4.08. The molecule has 86 valence electrons. The standard InChI is InChI=1S/C12H27BrSi/c1-4-7-9-11-14(13,6-3)12-10-8-5-2/h4-12H2,1-3H3. The molecule has 0 aromatic carbocycles. The Morgan fingerprint density at radius 1 is 0.786 bits per heavy atom. The van der Waals surface area contributed by atoms with Gasteiger partial charge in [0.2, 0.25) is 0 Å². The van der Waals surface area contributed by atoms with Crippen LogP contribution in [0.15, 0.2) is 0 Å². The van der Waals surface area contributed by atoms with Crippen molar-refractivity contribution in [1.82, 2.24) is 0 Å². The minimum absolute atomic E-state index is 0.985. The van der Waals surface area contributed by atoms with Crippen molar-refractivity contribution >= 4 is 22.0 Å². The van der Waals surface area contributed by atoms with Crippen molar-refractivity contribution in [2.24, 2.45) is 0 Å². The molecule has 0 aliphatic rings. The van der Waals surface area contributed by atoms with E-state index in [4.69, 9.17) is 0 Å². The first-order valence-corrected chi connectivity index (χ1v) is 11.2. The third kappa shape index (κ3) is 7.05. The molecule has 0 aromatic rings. The summed E-state index contributed by atoms with van der Waals surface area (Å²) < 4.78 is 0. The van der Waals surface area contributed by atoms with Crippen LogP contribution in [-0.2, 0) is 0 Å². The molecule has 2 heteroatoms. The average molecular weight is 279 g/mol. The van der Waals surface area contributed by atoms with E-state index in [2.05, 4.69) is 36.1 Å². The lowest BCUT2D eigenvalue weighted by molar-refractivity contribution is 0.742. The van der Waals surface area contributed by atoms with Crippen molar-refractivity contribution in [3.63, 3.8) is 0 Å². The van der Waals surface area contributed by atoms with Gasteiger partial charge in [-0.05, 0) is 12.1 Å². The molecule has 0 amide bonds. The molecule has 0 saturated heterocycles. The molecule has 0 radical (unpaired) electrons. The van der Waals surface area contributed by atoms with E-state index in [-0.39, 0.29) is 0 Å². The maximum atomic E-state index is 4.08. The zero-order valence-corrected chi connectivity index (χ0v) is 12.8. The third-order valence-corrected chi connectivity index (χ3v) is 10.9. The van der Waals surface area contributed by atoms with Crippen LogP contribution in [0, 0.1) is 0 Å². The second-order valence-electron chi connectivity index (χ2n) is 4.42. The molecule has 0 N–H and O–H groups in total. The molecule has 0 spiro atoms. The van der Waals surface area contributed by atoms with Crippen LogP contribution in [0.25, 0.3) is 0 Å². The first-order valence-electron chi connectivity index (χ1n) is 6.37. The van der Waals surface area contributed by atoms with Crippen molar-refractivity contribution in [2.45, 2.75) is 77.4 Å². The lowest BCUT2D eigenvalue weighted by Crippen LogP contribution is -2.24. The molecular weight excluding hydrogens is 252 g/mol. The van der Waals surface area contributed by atoms with Gasteiger partial charge in [-0.1, -0.05) is 65.3 Å². The zero-order chi connectivity index (χ0) is 10.9. The average Bonchev–Trinajstić information content (AvgIpc) is 2.19. The molecule has 0 aromatic heterocycles. The van der Waals surface area contributed by atoms with Crippen LogP contribution in [0.1, 0.15) is 59.3 Å². The number of rotatable bonds is 9. The van der Waals surface area contributed by atoms with Crippen LogP contribution in [-0.4, -0.2) is 6.69 Å². The monoisotopic (exact) mass is 278 g/mol. The smallest absolute Gasteiger partial charge is 0.126 e. The highest BCUT2D eigenvalue weighted by atomic mass is 79.9. The van der Waals surface area contributed by atoms with E-state index in [1.807, 2.05) is 0 Å². The summed E-state index contributed by atoms with van der Waals surface area (Å²) in [5.74, 6) is 0. The largest absolute Gasteiger partial charge is 0.130 e. The minimum Gasteiger partial charge on any atom is -0.126 e. The van der Waals surface area contributed by atoms with Crippen molar-refractivity contribution < 1.29 is 0 Å². The molecule has 0 heterocycles. The van der Waals surface area contributed by atoms with E-state index in [0.717, 1.165) is 0 Å². The van der Waals surface area contributed by atoms with E-state index in [0.29, 0.717) is 0 Å². The van der Waals surface area contributed by atoms with Crippen LogP contribution in [0.4, 0.5) is 0 Å². The molecular formula is C12H27BrSi. The molecule has 0 fully saturated rings. The molecule has 0 saturated carbocycles. The molecule has 0 atom stereocenters. The fourth-order valence-corrected chi connectivity index (χ4v) is 6.27. The summed E-state index contributed by atoms with van der Waals surface area (Å²) in [4.78, 5) is 0. The molecule has 0 aliphatic carbocycles. The number of unbranched alkanes of at least 4 members (excludes halogenated alkanes) is 4. The van der Waals surface area contributed by atoms with Gasteiger partial charge in [0.15, 0.2) is 0 Å². The summed E-state index contributed by atoms with van der Waals surface area (Å²) in [7, 11) is 0. The summed E-state index contributed by atoms with van der Waals surface area (Å²) in [6.45, 7) is 5.97. The third-order valence-electron chi connectivity index (χ3n) is 3.09. The van der Waals surface area contributed by atoms with E-state index in [9.17, 15) is 0 Å². The Balaban J connectivity index is 3.67. The highest BCUT2D eigenvalue weighted by molar-refractivity contribution is 9.26. The normalized spacial score (nSPS) is 12.0.